The second-order valence-electron chi connectivity index (χ2n) is 6.96. The average Bonchev–Trinajstić information content (AvgIpc) is 2.58. The summed E-state index contributed by atoms with van der Waals surface area (Å²) in [4.78, 5) is 6.80. The first-order chi connectivity index (χ1) is 11.7. The monoisotopic (exact) mass is 338 g/mol. The summed E-state index contributed by atoms with van der Waals surface area (Å²) in [6.07, 6.45) is 4.52. The van der Waals surface area contributed by atoms with E-state index in [4.69, 9.17) is 9.47 Å². The lowest BCUT2D eigenvalue weighted by Crippen LogP contribution is -2.50. The summed E-state index contributed by atoms with van der Waals surface area (Å²) in [7, 11) is 1.82. The number of hydrogen-bond acceptors (Lipinski definition) is 4. The van der Waals surface area contributed by atoms with E-state index in [2.05, 4.69) is 40.4 Å². The topological polar surface area (TPSA) is 58.1 Å². The molecule has 0 radical (unpaired) electrons. The van der Waals surface area contributed by atoms with Crippen LogP contribution >= 0.6 is 0 Å². The molecule has 0 saturated carbocycles. The summed E-state index contributed by atoms with van der Waals surface area (Å²) in [5, 5.41) is 6.78. The Kier molecular flexibility index (Phi) is 8.56. The molecule has 0 spiro atoms. The minimum absolute atomic E-state index is 0.231. The van der Waals surface area contributed by atoms with Crippen LogP contribution in [0.25, 0.3) is 0 Å². The highest BCUT2D eigenvalue weighted by molar-refractivity contribution is 5.79. The van der Waals surface area contributed by atoms with Crippen molar-refractivity contribution in [3.8, 4) is 0 Å². The zero-order valence-electron chi connectivity index (χ0n) is 15.5. The first-order valence-corrected chi connectivity index (χ1v) is 9.21. The molecule has 2 rings (SSSR count). The predicted molar refractivity (Wildman–Crippen MR) is 98.5 cm³/mol. The van der Waals surface area contributed by atoms with Gasteiger partial charge in [-0.1, -0.05) is 25.5 Å². The third-order valence-electron chi connectivity index (χ3n) is 4.36. The lowest BCUT2D eigenvalue weighted by atomic mass is 10.1. The fraction of sp³-hybridized carbons (Fsp3) is 0.833. The molecule has 6 heteroatoms. The summed E-state index contributed by atoms with van der Waals surface area (Å²) in [6, 6.07) is 0. The number of rotatable bonds is 7. The molecule has 6 nitrogen and oxygen atoms in total. The van der Waals surface area contributed by atoms with Crippen molar-refractivity contribution in [3.05, 3.63) is 11.6 Å². The summed E-state index contributed by atoms with van der Waals surface area (Å²) in [5.41, 5.74) is 1.48. The van der Waals surface area contributed by atoms with Crippen LogP contribution in [0, 0.1) is 5.92 Å². The summed E-state index contributed by atoms with van der Waals surface area (Å²) in [6.45, 7) is 11.8. The predicted octanol–water partition coefficient (Wildman–Crippen LogP) is 1.25. The average molecular weight is 338 g/mol. The van der Waals surface area contributed by atoms with E-state index in [1.807, 2.05) is 7.05 Å². The number of morpholine rings is 1. The fourth-order valence-corrected chi connectivity index (χ4v) is 3.15. The van der Waals surface area contributed by atoms with Crippen molar-refractivity contribution in [1.82, 2.24) is 15.5 Å². The smallest absolute Gasteiger partial charge is 0.191 e. The minimum atomic E-state index is 0.231. The van der Waals surface area contributed by atoms with Gasteiger partial charge in [0, 0.05) is 39.8 Å². The van der Waals surface area contributed by atoms with Crippen LogP contribution in [0.2, 0.25) is 0 Å². The van der Waals surface area contributed by atoms with E-state index in [1.54, 1.807) is 0 Å². The molecule has 2 N–H and O–H groups in total. The molecule has 2 aliphatic heterocycles. The van der Waals surface area contributed by atoms with Crippen molar-refractivity contribution in [1.29, 1.82) is 0 Å². The van der Waals surface area contributed by atoms with Crippen LogP contribution in [0.1, 0.15) is 26.7 Å². The molecular formula is C18H34N4O2. The molecule has 2 aliphatic rings. The highest BCUT2D eigenvalue weighted by Crippen LogP contribution is 2.10. The van der Waals surface area contributed by atoms with Gasteiger partial charge >= 0.3 is 0 Å². The zero-order chi connectivity index (χ0) is 17.2. The third kappa shape index (κ3) is 7.20. The van der Waals surface area contributed by atoms with Crippen LogP contribution in [-0.2, 0) is 9.47 Å². The van der Waals surface area contributed by atoms with Crippen LogP contribution in [0.15, 0.2) is 16.6 Å². The number of hydrogen-bond donors (Lipinski definition) is 2. The minimum Gasteiger partial charge on any atom is -0.377 e. The van der Waals surface area contributed by atoms with Gasteiger partial charge in [-0.15, -0.1) is 0 Å². The van der Waals surface area contributed by atoms with Crippen LogP contribution in [0.4, 0.5) is 0 Å². The summed E-state index contributed by atoms with van der Waals surface area (Å²) >= 11 is 0. The summed E-state index contributed by atoms with van der Waals surface area (Å²) in [5.74, 6) is 1.55. The van der Waals surface area contributed by atoms with Crippen molar-refractivity contribution in [2.24, 2.45) is 10.9 Å². The van der Waals surface area contributed by atoms with Gasteiger partial charge in [-0.2, -0.15) is 0 Å². The van der Waals surface area contributed by atoms with Crippen LogP contribution < -0.4 is 10.6 Å². The molecule has 0 aromatic carbocycles. The lowest BCUT2D eigenvalue weighted by Gasteiger charge is -2.34. The van der Waals surface area contributed by atoms with Crippen molar-refractivity contribution in [3.63, 3.8) is 0 Å². The molecule has 0 bridgehead atoms. The van der Waals surface area contributed by atoms with E-state index < -0.39 is 0 Å². The Morgan fingerprint density at radius 2 is 2.25 bits per heavy atom. The Balaban J connectivity index is 1.64. The van der Waals surface area contributed by atoms with Gasteiger partial charge in [0.2, 0.25) is 0 Å². The number of ether oxygens (including phenoxy) is 2. The number of nitrogens with zero attached hydrogens (tertiary/aromatic N) is 2. The zero-order valence-corrected chi connectivity index (χ0v) is 15.5. The van der Waals surface area contributed by atoms with Gasteiger partial charge in [0.1, 0.15) is 0 Å². The van der Waals surface area contributed by atoms with Gasteiger partial charge in [0.25, 0.3) is 0 Å². The molecule has 2 heterocycles. The van der Waals surface area contributed by atoms with E-state index >= 15 is 0 Å². The Bertz CT molecular complexity index is 423. The quantitative estimate of drug-likeness (QED) is 0.416. The molecule has 1 atom stereocenters. The molecule has 0 aliphatic carbocycles. The van der Waals surface area contributed by atoms with E-state index in [-0.39, 0.29) is 6.10 Å². The third-order valence-corrected chi connectivity index (χ3v) is 4.36. The van der Waals surface area contributed by atoms with Gasteiger partial charge in [-0.3, -0.25) is 9.89 Å². The number of nitrogens with one attached hydrogen (secondary N) is 2. The van der Waals surface area contributed by atoms with E-state index in [0.29, 0.717) is 5.92 Å². The number of aliphatic imine (C=N–C) groups is 1. The molecule has 1 saturated heterocycles. The molecule has 138 valence electrons. The molecule has 0 amide bonds. The van der Waals surface area contributed by atoms with Crippen LogP contribution in [-0.4, -0.2) is 76.6 Å². The van der Waals surface area contributed by atoms with Crippen molar-refractivity contribution >= 4 is 5.96 Å². The Morgan fingerprint density at radius 3 is 2.96 bits per heavy atom. The van der Waals surface area contributed by atoms with Gasteiger partial charge < -0.3 is 20.1 Å². The largest absolute Gasteiger partial charge is 0.377 e. The van der Waals surface area contributed by atoms with Gasteiger partial charge in [0.15, 0.2) is 5.96 Å². The maximum atomic E-state index is 5.87. The lowest BCUT2D eigenvalue weighted by molar-refractivity contribution is -0.0284. The summed E-state index contributed by atoms with van der Waals surface area (Å²) < 4.78 is 11.2. The van der Waals surface area contributed by atoms with Crippen LogP contribution in [0.5, 0.6) is 0 Å². The van der Waals surface area contributed by atoms with Gasteiger partial charge in [-0.05, 0) is 18.8 Å². The van der Waals surface area contributed by atoms with Crippen LogP contribution in [0.3, 0.4) is 0 Å². The highest BCUT2D eigenvalue weighted by atomic mass is 16.5. The molecular weight excluding hydrogens is 304 g/mol. The molecule has 0 unspecified atom stereocenters. The molecule has 1 fully saturated rings. The normalized spacial score (nSPS) is 23.2. The Labute approximate surface area is 146 Å². The fourth-order valence-electron chi connectivity index (χ4n) is 3.15. The first-order valence-electron chi connectivity index (χ1n) is 9.21. The maximum absolute atomic E-state index is 5.87. The van der Waals surface area contributed by atoms with E-state index in [0.717, 1.165) is 71.3 Å². The molecule has 24 heavy (non-hydrogen) atoms. The Hall–Kier alpha value is -1.11. The second-order valence-corrected chi connectivity index (χ2v) is 6.96. The molecule has 0 aromatic heterocycles. The van der Waals surface area contributed by atoms with E-state index in [9.17, 15) is 0 Å². The highest BCUT2D eigenvalue weighted by Gasteiger charge is 2.21. The van der Waals surface area contributed by atoms with Gasteiger partial charge in [0.05, 0.1) is 25.9 Å². The Morgan fingerprint density at radius 1 is 1.38 bits per heavy atom. The SMILES string of the molecule is CN=C(NCCC1=CCOCC1)NC[C@H]1CN(CC(C)C)CCO1. The maximum Gasteiger partial charge on any atom is 0.191 e. The van der Waals surface area contributed by atoms with Crippen molar-refractivity contribution in [2.75, 3.05) is 59.6 Å². The van der Waals surface area contributed by atoms with Crippen molar-refractivity contribution in [2.45, 2.75) is 32.8 Å². The van der Waals surface area contributed by atoms with E-state index in [1.165, 1.54) is 5.57 Å². The van der Waals surface area contributed by atoms with Gasteiger partial charge in [-0.25, -0.2) is 0 Å². The van der Waals surface area contributed by atoms with Crippen molar-refractivity contribution < 1.29 is 9.47 Å². The molecule has 0 aromatic rings. The first kappa shape index (κ1) is 19.2. The second kappa shape index (κ2) is 10.7. The standard InChI is InChI=1S/C18H34N4O2/c1-15(2)13-22-8-11-24-17(14-22)12-21-18(19-3)20-7-4-16-5-9-23-10-6-16/h5,15,17H,4,6-14H2,1-3H3,(H2,19,20,21)/t17-/m0/s1. The number of guanidine groups is 1.